The highest BCUT2D eigenvalue weighted by atomic mass is 15.1. The molecule has 1 unspecified atom stereocenters. The molecule has 4 aromatic rings. The second-order valence-electron chi connectivity index (χ2n) is 6.98. The van der Waals surface area contributed by atoms with Gasteiger partial charge in [-0.3, -0.25) is 4.57 Å². The summed E-state index contributed by atoms with van der Waals surface area (Å²) in [6, 6.07) is 25.7. The van der Waals surface area contributed by atoms with Gasteiger partial charge in [0.25, 0.3) is 0 Å². The Kier molecular flexibility index (Phi) is 4.34. The molecule has 0 saturated heterocycles. The summed E-state index contributed by atoms with van der Waals surface area (Å²) in [4.78, 5) is 4.96. The number of benzene rings is 3. The van der Waals surface area contributed by atoms with Gasteiger partial charge in [-0.15, -0.1) is 0 Å². The van der Waals surface area contributed by atoms with E-state index in [1.54, 1.807) is 0 Å². The van der Waals surface area contributed by atoms with Crippen molar-refractivity contribution in [3.05, 3.63) is 83.9 Å². The van der Waals surface area contributed by atoms with Crippen molar-refractivity contribution >= 4 is 11.0 Å². The molecule has 1 aromatic heterocycles. The number of para-hydroxylation sites is 3. The van der Waals surface area contributed by atoms with Crippen molar-refractivity contribution in [3.63, 3.8) is 0 Å². The molecular weight excluding hydrogens is 316 g/mol. The van der Waals surface area contributed by atoms with Gasteiger partial charge in [-0.1, -0.05) is 68.4 Å². The zero-order chi connectivity index (χ0) is 18.1. The molecule has 0 N–H and O–H groups in total. The van der Waals surface area contributed by atoms with E-state index in [4.69, 9.17) is 4.98 Å². The van der Waals surface area contributed by atoms with Crippen molar-refractivity contribution in [2.75, 3.05) is 0 Å². The molecule has 130 valence electrons. The first-order chi connectivity index (χ1) is 12.7. The molecule has 0 saturated carbocycles. The summed E-state index contributed by atoms with van der Waals surface area (Å²) in [7, 11) is 0. The summed E-state index contributed by atoms with van der Waals surface area (Å²) < 4.78 is 2.28. The van der Waals surface area contributed by atoms with Gasteiger partial charge in [0, 0.05) is 5.56 Å². The monoisotopic (exact) mass is 340 g/mol. The summed E-state index contributed by atoms with van der Waals surface area (Å²) in [5, 5.41) is 0. The molecule has 0 fully saturated rings. The van der Waals surface area contributed by atoms with E-state index >= 15 is 0 Å². The molecule has 3 aromatic carbocycles. The predicted octanol–water partition coefficient (Wildman–Crippen LogP) is 6.51. The number of rotatable bonds is 4. The highest BCUT2D eigenvalue weighted by Gasteiger charge is 2.15. The van der Waals surface area contributed by atoms with Crippen molar-refractivity contribution in [2.45, 2.75) is 33.1 Å². The maximum absolute atomic E-state index is 4.96. The number of hydrogen-bond acceptors (Lipinski definition) is 1. The summed E-state index contributed by atoms with van der Waals surface area (Å²) in [5.41, 5.74) is 7.13. The van der Waals surface area contributed by atoms with E-state index in [0.717, 1.165) is 28.8 Å². The van der Waals surface area contributed by atoms with Crippen LogP contribution in [0.2, 0.25) is 0 Å². The van der Waals surface area contributed by atoms with Gasteiger partial charge in [0.15, 0.2) is 0 Å². The first-order valence-corrected chi connectivity index (χ1v) is 9.33. The van der Waals surface area contributed by atoms with Crippen LogP contribution >= 0.6 is 0 Å². The van der Waals surface area contributed by atoms with Crippen LogP contribution in [-0.2, 0) is 0 Å². The molecule has 26 heavy (non-hydrogen) atoms. The maximum Gasteiger partial charge on any atom is 0.145 e. The summed E-state index contributed by atoms with van der Waals surface area (Å²) in [6.07, 6.45) is 1.15. The first-order valence-electron chi connectivity index (χ1n) is 9.33. The van der Waals surface area contributed by atoms with Gasteiger partial charge >= 0.3 is 0 Å². The fraction of sp³-hybridized carbons (Fsp3) is 0.208. The number of aromatic nitrogens is 2. The van der Waals surface area contributed by atoms with Crippen LogP contribution < -0.4 is 0 Å². The zero-order valence-electron chi connectivity index (χ0n) is 15.6. The number of fused-ring (bicyclic) bond motifs is 1. The van der Waals surface area contributed by atoms with Crippen LogP contribution in [0.15, 0.2) is 72.8 Å². The van der Waals surface area contributed by atoms with Crippen molar-refractivity contribution in [2.24, 2.45) is 0 Å². The van der Waals surface area contributed by atoms with Gasteiger partial charge in [0.2, 0.25) is 0 Å². The number of aryl methyl sites for hydroxylation is 1. The van der Waals surface area contributed by atoms with Gasteiger partial charge in [-0.2, -0.15) is 0 Å². The molecular formula is C24H24N2. The molecule has 0 bridgehead atoms. The smallest absolute Gasteiger partial charge is 0.145 e. The molecule has 0 aliphatic carbocycles. The molecule has 1 atom stereocenters. The van der Waals surface area contributed by atoms with Crippen LogP contribution in [-0.4, -0.2) is 9.55 Å². The van der Waals surface area contributed by atoms with Crippen LogP contribution in [0.5, 0.6) is 0 Å². The van der Waals surface area contributed by atoms with Crippen molar-refractivity contribution in [3.8, 4) is 17.1 Å². The maximum atomic E-state index is 4.96. The van der Waals surface area contributed by atoms with E-state index in [1.807, 2.05) is 6.07 Å². The van der Waals surface area contributed by atoms with E-state index in [1.165, 1.54) is 16.8 Å². The third-order valence-electron chi connectivity index (χ3n) is 5.27. The minimum atomic E-state index is 0.583. The molecule has 0 spiro atoms. The van der Waals surface area contributed by atoms with Crippen LogP contribution in [0.4, 0.5) is 0 Å². The van der Waals surface area contributed by atoms with Crippen LogP contribution in [0.3, 0.4) is 0 Å². The van der Waals surface area contributed by atoms with Gasteiger partial charge < -0.3 is 0 Å². The summed E-state index contributed by atoms with van der Waals surface area (Å²) in [5.74, 6) is 1.58. The average molecular weight is 340 g/mol. The lowest BCUT2D eigenvalue weighted by atomic mass is 9.97. The Labute approximate surface area is 155 Å². The molecule has 4 rings (SSSR count). The molecule has 0 amide bonds. The van der Waals surface area contributed by atoms with Gasteiger partial charge in [-0.25, -0.2) is 4.98 Å². The molecule has 2 nitrogen and oxygen atoms in total. The number of imidazole rings is 1. The second kappa shape index (κ2) is 6.80. The summed E-state index contributed by atoms with van der Waals surface area (Å²) in [6.45, 7) is 6.66. The van der Waals surface area contributed by atoms with Crippen molar-refractivity contribution in [1.29, 1.82) is 0 Å². The van der Waals surface area contributed by atoms with Gasteiger partial charge in [0.1, 0.15) is 5.82 Å². The van der Waals surface area contributed by atoms with E-state index in [2.05, 4.69) is 92.1 Å². The minimum absolute atomic E-state index is 0.583. The SMILES string of the molecule is CCC(C)c1ccc(-c2nc3ccccc3n2-c2ccccc2C)cc1. The van der Waals surface area contributed by atoms with Crippen LogP contribution in [0.25, 0.3) is 28.1 Å². The predicted molar refractivity (Wildman–Crippen MR) is 110 cm³/mol. The Balaban J connectivity index is 1.93. The fourth-order valence-corrected chi connectivity index (χ4v) is 3.47. The quantitative estimate of drug-likeness (QED) is 0.414. The van der Waals surface area contributed by atoms with Crippen molar-refractivity contribution < 1.29 is 0 Å². The lowest BCUT2D eigenvalue weighted by Gasteiger charge is -2.13. The Morgan fingerprint density at radius 1 is 0.885 bits per heavy atom. The highest BCUT2D eigenvalue weighted by Crippen LogP contribution is 2.31. The standard InChI is InChI=1S/C24H24N2/c1-4-17(2)19-13-15-20(16-14-19)24-25-21-10-6-8-12-23(21)26(24)22-11-7-5-9-18(22)3/h5-17H,4H2,1-3H3. The van der Waals surface area contributed by atoms with Crippen molar-refractivity contribution in [1.82, 2.24) is 9.55 Å². The lowest BCUT2D eigenvalue weighted by molar-refractivity contribution is 0.734. The normalized spacial score (nSPS) is 12.4. The Morgan fingerprint density at radius 3 is 2.31 bits per heavy atom. The average Bonchev–Trinajstić information content (AvgIpc) is 3.07. The number of nitrogens with zero attached hydrogens (tertiary/aromatic N) is 2. The zero-order valence-corrected chi connectivity index (χ0v) is 15.6. The second-order valence-corrected chi connectivity index (χ2v) is 6.98. The first kappa shape index (κ1) is 16.6. The van der Waals surface area contributed by atoms with E-state index < -0.39 is 0 Å². The van der Waals surface area contributed by atoms with E-state index in [-0.39, 0.29) is 0 Å². The molecule has 1 heterocycles. The lowest BCUT2D eigenvalue weighted by Crippen LogP contribution is -2.00. The summed E-state index contributed by atoms with van der Waals surface area (Å²) >= 11 is 0. The molecule has 0 radical (unpaired) electrons. The molecule has 0 aliphatic heterocycles. The van der Waals surface area contributed by atoms with Gasteiger partial charge in [-0.05, 0) is 48.6 Å². The third-order valence-corrected chi connectivity index (χ3v) is 5.27. The van der Waals surface area contributed by atoms with Crippen LogP contribution in [0.1, 0.15) is 37.3 Å². The molecule has 0 aliphatic rings. The molecule has 2 heteroatoms. The number of hydrogen-bond donors (Lipinski definition) is 0. The largest absolute Gasteiger partial charge is 0.292 e. The third kappa shape index (κ3) is 2.82. The Bertz CT molecular complexity index is 1040. The Hall–Kier alpha value is -2.87. The van der Waals surface area contributed by atoms with Crippen LogP contribution in [0, 0.1) is 6.92 Å². The topological polar surface area (TPSA) is 17.8 Å². The highest BCUT2D eigenvalue weighted by molar-refractivity contribution is 5.83. The van der Waals surface area contributed by atoms with E-state index in [9.17, 15) is 0 Å². The fourth-order valence-electron chi connectivity index (χ4n) is 3.47. The van der Waals surface area contributed by atoms with Gasteiger partial charge in [0.05, 0.1) is 16.7 Å². The minimum Gasteiger partial charge on any atom is -0.292 e. The Morgan fingerprint density at radius 2 is 1.58 bits per heavy atom. The van der Waals surface area contributed by atoms with E-state index in [0.29, 0.717) is 5.92 Å².